The third-order valence-corrected chi connectivity index (χ3v) is 3.99. The third-order valence-electron chi connectivity index (χ3n) is 3.99. The minimum atomic E-state index is 0.231. The molecule has 3 rings (SSSR count). The van der Waals surface area contributed by atoms with Gasteiger partial charge in [-0.05, 0) is 23.3 Å². The third kappa shape index (κ3) is 2.68. The molecule has 0 aromatic heterocycles. The minimum Gasteiger partial charge on any atom is -0.337 e. The van der Waals surface area contributed by atoms with Crippen molar-refractivity contribution in [2.75, 3.05) is 19.6 Å². The lowest BCUT2D eigenvalue weighted by Gasteiger charge is -2.34. The van der Waals surface area contributed by atoms with Crippen LogP contribution >= 0.6 is 0 Å². The Bertz CT molecular complexity index is 623. The molecule has 0 radical (unpaired) electrons. The van der Waals surface area contributed by atoms with Gasteiger partial charge in [-0.25, -0.2) is 0 Å². The summed E-state index contributed by atoms with van der Waals surface area (Å²) < 4.78 is 0. The molecule has 3 heteroatoms. The zero-order valence-corrected chi connectivity index (χ0v) is 11.8. The lowest BCUT2D eigenvalue weighted by molar-refractivity contribution is -0.133. The Balaban J connectivity index is 1.76. The fourth-order valence-corrected chi connectivity index (χ4v) is 2.84. The van der Waals surface area contributed by atoms with Crippen molar-refractivity contribution in [1.29, 1.82) is 0 Å². The average molecular weight is 268 g/mol. The topological polar surface area (TPSA) is 32.3 Å². The Hall–Kier alpha value is -1.87. The standard InChI is InChI=1S/C17H20N2O/c1-13-12-18-8-9-19(13)17(20)11-14-6-7-15-4-2-3-5-16(15)10-14/h2-7,10,13,18H,8-9,11-12H2,1H3. The minimum absolute atomic E-state index is 0.231. The van der Waals surface area contributed by atoms with Crippen molar-refractivity contribution in [3.63, 3.8) is 0 Å². The summed E-state index contributed by atoms with van der Waals surface area (Å²) in [5.74, 6) is 0.231. The number of hydrogen-bond acceptors (Lipinski definition) is 2. The predicted octanol–water partition coefficient (Wildman–Crippen LogP) is 2.20. The van der Waals surface area contributed by atoms with Gasteiger partial charge in [-0.3, -0.25) is 4.79 Å². The number of fused-ring (bicyclic) bond motifs is 1. The van der Waals surface area contributed by atoms with Gasteiger partial charge in [0.2, 0.25) is 5.91 Å². The monoisotopic (exact) mass is 268 g/mol. The molecule has 1 fully saturated rings. The van der Waals surface area contributed by atoms with Crippen LogP contribution in [0.1, 0.15) is 12.5 Å². The molecule has 1 aliphatic rings. The van der Waals surface area contributed by atoms with Crippen molar-refractivity contribution in [2.45, 2.75) is 19.4 Å². The maximum Gasteiger partial charge on any atom is 0.227 e. The first-order chi connectivity index (χ1) is 9.74. The molecular weight excluding hydrogens is 248 g/mol. The molecule has 2 aromatic carbocycles. The Morgan fingerprint density at radius 3 is 2.85 bits per heavy atom. The lowest BCUT2D eigenvalue weighted by Crippen LogP contribution is -2.52. The zero-order chi connectivity index (χ0) is 13.9. The Kier molecular flexibility index (Phi) is 3.70. The van der Waals surface area contributed by atoms with Gasteiger partial charge in [0, 0.05) is 25.7 Å². The molecule has 0 bridgehead atoms. The first-order valence-corrected chi connectivity index (χ1v) is 7.22. The molecule has 1 N–H and O–H groups in total. The molecule has 104 valence electrons. The van der Waals surface area contributed by atoms with Crippen LogP contribution < -0.4 is 5.32 Å². The van der Waals surface area contributed by atoms with E-state index in [2.05, 4.69) is 42.6 Å². The van der Waals surface area contributed by atoms with Crippen molar-refractivity contribution in [1.82, 2.24) is 10.2 Å². The van der Waals surface area contributed by atoms with Crippen molar-refractivity contribution in [2.24, 2.45) is 0 Å². The number of nitrogens with zero attached hydrogens (tertiary/aromatic N) is 1. The molecule has 1 amide bonds. The molecule has 20 heavy (non-hydrogen) atoms. The van der Waals surface area contributed by atoms with Gasteiger partial charge in [0.15, 0.2) is 0 Å². The summed E-state index contributed by atoms with van der Waals surface area (Å²) in [6, 6.07) is 14.8. The maximum absolute atomic E-state index is 12.4. The van der Waals surface area contributed by atoms with Crippen LogP contribution in [0.3, 0.4) is 0 Å². The SMILES string of the molecule is CC1CNCCN1C(=O)Cc1ccc2ccccc2c1. The summed E-state index contributed by atoms with van der Waals surface area (Å²) in [6.45, 7) is 4.70. The Morgan fingerprint density at radius 2 is 2.05 bits per heavy atom. The fourth-order valence-electron chi connectivity index (χ4n) is 2.84. The second-order valence-electron chi connectivity index (χ2n) is 5.50. The molecule has 0 saturated carbocycles. The van der Waals surface area contributed by atoms with Crippen molar-refractivity contribution in [3.8, 4) is 0 Å². The Morgan fingerprint density at radius 1 is 1.25 bits per heavy atom. The van der Waals surface area contributed by atoms with E-state index in [1.165, 1.54) is 10.8 Å². The molecule has 1 aliphatic heterocycles. The normalized spacial score (nSPS) is 19.2. The van der Waals surface area contributed by atoms with E-state index in [0.29, 0.717) is 6.42 Å². The second-order valence-corrected chi connectivity index (χ2v) is 5.50. The number of nitrogens with one attached hydrogen (secondary N) is 1. The van der Waals surface area contributed by atoms with Crippen LogP contribution in [0.4, 0.5) is 0 Å². The zero-order valence-electron chi connectivity index (χ0n) is 11.8. The van der Waals surface area contributed by atoms with Crippen molar-refractivity contribution >= 4 is 16.7 Å². The van der Waals surface area contributed by atoms with Gasteiger partial charge in [-0.2, -0.15) is 0 Å². The van der Waals surface area contributed by atoms with Crippen LogP contribution in [0.15, 0.2) is 42.5 Å². The van der Waals surface area contributed by atoms with Crippen LogP contribution in [0.2, 0.25) is 0 Å². The van der Waals surface area contributed by atoms with Gasteiger partial charge in [0.05, 0.1) is 6.42 Å². The van der Waals surface area contributed by atoms with E-state index in [0.717, 1.165) is 25.2 Å². The van der Waals surface area contributed by atoms with E-state index in [1.54, 1.807) is 0 Å². The van der Waals surface area contributed by atoms with E-state index >= 15 is 0 Å². The number of amides is 1. The summed E-state index contributed by atoms with van der Waals surface area (Å²) in [7, 11) is 0. The summed E-state index contributed by atoms with van der Waals surface area (Å²) in [6.07, 6.45) is 0.495. The summed E-state index contributed by atoms with van der Waals surface area (Å²) in [4.78, 5) is 14.4. The van der Waals surface area contributed by atoms with E-state index in [-0.39, 0.29) is 11.9 Å². The van der Waals surface area contributed by atoms with E-state index in [4.69, 9.17) is 0 Å². The van der Waals surface area contributed by atoms with Crippen molar-refractivity contribution in [3.05, 3.63) is 48.0 Å². The number of carbonyl (C=O) groups excluding carboxylic acids is 1. The summed E-state index contributed by atoms with van der Waals surface area (Å²) in [5.41, 5.74) is 1.10. The fraction of sp³-hybridized carbons (Fsp3) is 0.353. The van der Waals surface area contributed by atoms with Crippen LogP contribution in [0.5, 0.6) is 0 Å². The van der Waals surface area contributed by atoms with Crippen molar-refractivity contribution < 1.29 is 4.79 Å². The highest BCUT2D eigenvalue weighted by Crippen LogP contribution is 2.17. The molecule has 0 spiro atoms. The number of piperazine rings is 1. The van der Waals surface area contributed by atoms with E-state index < -0.39 is 0 Å². The largest absolute Gasteiger partial charge is 0.337 e. The molecule has 1 heterocycles. The van der Waals surface area contributed by atoms with Gasteiger partial charge in [0.25, 0.3) is 0 Å². The Labute approximate surface area is 119 Å². The van der Waals surface area contributed by atoms with Crippen LogP contribution in [-0.2, 0) is 11.2 Å². The highest BCUT2D eigenvalue weighted by Gasteiger charge is 2.22. The molecule has 1 saturated heterocycles. The highest BCUT2D eigenvalue weighted by molar-refractivity contribution is 5.85. The quantitative estimate of drug-likeness (QED) is 0.905. The second kappa shape index (κ2) is 5.63. The maximum atomic E-state index is 12.4. The number of carbonyl (C=O) groups is 1. The molecule has 2 aromatic rings. The molecule has 1 unspecified atom stereocenters. The summed E-state index contributed by atoms with van der Waals surface area (Å²) in [5, 5.41) is 5.74. The van der Waals surface area contributed by atoms with Crippen LogP contribution in [-0.4, -0.2) is 36.5 Å². The smallest absolute Gasteiger partial charge is 0.227 e. The molecular formula is C17H20N2O. The van der Waals surface area contributed by atoms with Crippen LogP contribution in [0.25, 0.3) is 10.8 Å². The molecule has 1 atom stereocenters. The van der Waals surface area contributed by atoms with Gasteiger partial charge in [-0.15, -0.1) is 0 Å². The first kappa shape index (κ1) is 13.1. The number of rotatable bonds is 2. The average Bonchev–Trinajstić information content (AvgIpc) is 2.47. The molecule has 0 aliphatic carbocycles. The van der Waals surface area contributed by atoms with Gasteiger partial charge in [-0.1, -0.05) is 42.5 Å². The summed E-state index contributed by atoms with van der Waals surface area (Å²) >= 11 is 0. The van der Waals surface area contributed by atoms with Gasteiger partial charge in [0.1, 0.15) is 0 Å². The van der Waals surface area contributed by atoms with Crippen LogP contribution in [0, 0.1) is 0 Å². The van der Waals surface area contributed by atoms with E-state index in [1.807, 2.05) is 17.0 Å². The van der Waals surface area contributed by atoms with E-state index in [9.17, 15) is 4.79 Å². The van der Waals surface area contributed by atoms with Gasteiger partial charge >= 0.3 is 0 Å². The van der Waals surface area contributed by atoms with Gasteiger partial charge < -0.3 is 10.2 Å². The lowest BCUT2D eigenvalue weighted by atomic mass is 10.0. The highest BCUT2D eigenvalue weighted by atomic mass is 16.2. The first-order valence-electron chi connectivity index (χ1n) is 7.22. The predicted molar refractivity (Wildman–Crippen MR) is 81.7 cm³/mol. The number of benzene rings is 2. The molecule has 3 nitrogen and oxygen atoms in total. The number of hydrogen-bond donors (Lipinski definition) is 1.